The highest BCUT2D eigenvalue weighted by molar-refractivity contribution is 5.08. The molecule has 0 amide bonds. The van der Waals surface area contributed by atoms with Gasteiger partial charge in [-0.1, -0.05) is 32.3 Å². The number of pyridine rings is 1. The van der Waals surface area contributed by atoms with Gasteiger partial charge >= 0.3 is 0 Å². The van der Waals surface area contributed by atoms with Gasteiger partial charge in [-0.05, 0) is 43.5 Å². The van der Waals surface area contributed by atoms with Gasteiger partial charge in [-0.25, -0.2) is 0 Å². The van der Waals surface area contributed by atoms with E-state index in [1.807, 2.05) is 18.5 Å². The first-order valence-corrected chi connectivity index (χ1v) is 6.99. The molecule has 1 aromatic heterocycles. The van der Waals surface area contributed by atoms with E-state index in [-0.39, 0.29) is 0 Å². The van der Waals surface area contributed by atoms with Crippen LogP contribution in [-0.4, -0.2) is 23.0 Å². The zero-order chi connectivity index (χ0) is 11.9. The summed E-state index contributed by atoms with van der Waals surface area (Å²) in [6.45, 7) is 5.90. The molecule has 0 aliphatic carbocycles. The third kappa shape index (κ3) is 4.12. The van der Waals surface area contributed by atoms with Crippen molar-refractivity contribution < 1.29 is 0 Å². The maximum atomic E-state index is 4.18. The minimum atomic E-state index is 0.986. The monoisotopic (exact) mass is 232 g/mol. The summed E-state index contributed by atoms with van der Waals surface area (Å²) in [6.07, 6.45) is 10.8. The molecule has 1 aromatic rings. The van der Waals surface area contributed by atoms with Crippen LogP contribution >= 0.6 is 0 Å². The molecule has 0 bridgehead atoms. The summed E-state index contributed by atoms with van der Waals surface area (Å²) in [6, 6.07) is 4.21. The molecular weight excluding hydrogens is 208 g/mol. The number of likely N-dealkylation sites (tertiary alicyclic amines) is 1. The van der Waals surface area contributed by atoms with Crippen LogP contribution in [0.5, 0.6) is 0 Å². The molecule has 0 spiro atoms. The highest BCUT2D eigenvalue weighted by atomic mass is 15.1. The quantitative estimate of drug-likeness (QED) is 0.772. The fourth-order valence-corrected chi connectivity index (χ4v) is 2.68. The molecule has 94 valence electrons. The van der Waals surface area contributed by atoms with Gasteiger partial charge in [0.2, 0.25) is 0 Å². The summed E-state index contributed by atoms with van der Waals surface area (Å²) in [7, 11) is 0. The van der Waals surface area contributed by atoms with Gasteiger partial charge in [0.1, 0.15) is 0 Å². The Labute approximate surface area is 105 Å². The zero-order valence-corrected chi connectivity index (χ0v) is 10.9. The Hall–Kier alpha value is -0.890. The first kappa shape index (κ1) is 12.6. The van der Waals surface area contributed by atoms with Crippen molar-refractivity contribution >= 4 is 0 Å². The van der Waals surface area contributed by atoms with Crippen LogP contribution < -0.4 is 0 Å². The molecule has 1 aliphatic heterocycles. The van der Waals surface area contributed by atoms with Crippen LogP contribution in [0.15, 0.2) is 24.5 Å². The van der Waals surface area contributed by atoms with Crippen molar-refractivity contribution in [2.45, 2.75) is 45.6 Å². The van der Waals surface area contributed by atoms with Crippen LogP contribution in [0.25, 0.3) is 0 Å². The number of aromatic nitrogens is 1. The van der Waals surface area contributed by atoms with Crippen molar-refractivity contribution in [1.29, 1.82) is 0 Å². The Morgan fingerprint density at radius 1 is 1.35 bits per heavy atom. The standard InChI is InChI=1S/C15H24N2/c1-2-3-5-14-7-10-17(11-8-14)13-15-6-4-9-16-12-15/h4,6,9,12,14H,2-3,5,7-8,10-11,13H2,1H3. The zero-order valence-electron chi connectivity index (χ0n) is 10.9. The lowest BCUT2D eigenvalue weighted by Gasteiger charge is -2.31. The van der Waals surface area contributed by atoms with E-state index < -0.39 is 0 Å². The second-order valence-electron chi connectivity index (χ2n) is 5.22. The molecule has 2 nitrogen and oxygen atoms in total. The highest BCUT2D eigenvalue weighted by Gasteiger charge is 2.18. The number of nitrogens with zero attached hydrogens (tertiary/aromatic N) is 2. The third-order valence-corrected chi connectivity index (χ3v) is 3.80. The molecule has 2 heterocycles. The Morgan fingerprint density at radius 2 is 2.18 bits per heavy atom. The molecule has 0 aromatic carbocycles. The molecule has 0 saturated carbocycles. The van der Waals surface area contributed by atoms with Crippen LogP contribution in [0, 0.1) is 5.92 Å². The number of piperidine rings is 1. The largest absolute Gasteiger partial charge is 0.299 e. The molecule has 2 heteroatoms. The lowest BCUT2D eigenvalue weighted by Crippen LogP contribution is -2.33. The molecule has 0 radical (unpaired) electrons. The van der Waals surface area contributed by atoms with E-state index >= 15 is 0 Å². The number of hydrogen-bond donors (Lipinski definition) is 0. The second kappa shape index (κ2) is 6.75. The minimum absolute atomic E-state index is 0.986. The first-order valence-electron chi connectivity index (χ1n) is 6.99. The molecular formula is C15H24N2. The van der Waals surface area contributed by atoms with Crippen molar-refractivity contribution in [3.05, 3.63) is 30.1 Å². The van der Waals surface area contributed by atoms with Crippen LogP contribution in [0.4, 0.5) is 0 Å². The number of hydrogen-bond acceptors (Lipinski definition) is 2. The topological polar surface area (TPSA) is 16.1 Å². The summed E-state index contributed by atoms with van der Waals surface area (Å²) in [5.74, 6) is 0.986. The summed E-state index contributed by atoms with van der Waals surface area (Å²) in [5, 5.41) is 0. The van der Waals surface area contributed by atoms with Gasteiger partial charge in [0.05, 0.1) is 0 Å². The van der Waals surface area contributed by atoms with E-state index in [1.165, 1.54) is 50.8 Å². The van der Waals surface area contributed by atoms with Gasteiger partial charge < -0.3 is 0 Å². The second-order valence-corrected chi connectivity index (χ2v) is 5.22. The van der Waals surface area contributed by atoms with Gasteiger partial charge in [-0.3, -0.25) is 9.88 Å². The SMILES string of the molecule is CCCCC1CCN(Cc2cccnc2)CC1. The lowest BCUT2D eigenvalue weighted by atomic mass is 9.91. The van der Waals surface area contributed by atoms with Crippen LogP contribution in [0.1, 0.15) is 44.6 Å². The molecule has 0 N–H and O–H groups in total. The van der Waals surface area contributed by atoms with Crippen molar-refractivity contribution in [2.24, 2.45) is 5.92 Å². The Balaban J connectivity index is 1.72. The van der Waals surface area contributed by atoms with Crippen molar-refractivity contribution in [3.8, 4) is 0 Å². The normalized spacial score (nSPS) is 18.4. The Bertz CT molecular complexity index is 302. The molecule has 0 atom stereocenters. The minimum Gasteiger partial charge on any atom is -0.299 e. The molecule has 0 unspecified atom stereocenters. The van der Waals surface area contributed by atoms with Gasteiger partial charge in [-0.15, -0.1) is 0 Å². The smallest absolute Gasteiger partial charge is 0.0312 e. The third-order valence-electron chi connectivity index (χ3n) is 3.80. The fourth-order valence-electron chi connectivity index (χ4n) is 2.68. The van der Waals surface area contributed by atoms with Crippen molar-refractivity contribution in [1.82, 2.24) is 9.88 Å². The maximum absolute atomic E-state index is 4.18. The summed E-state index contributed by atoms with van der Waals surface area (Å²) in [5.41, 5.74) is 1.35. The van der Waals surface area contributed by atoms with E-state index in [0.29, 0.717) is 0 Å². The predicted molar refractivity (Wildman–Crippen MR) is 71.8 cm³/mol. The number of rotatable bonds is 5. The Kier molecular flexibility index (Phi) is 4.99. The van der Waals surface area contributed by atoms with Gasteiger partial charge in [0.25, 0.3) is 0 Å². The average Bonchev–Trinajstić information content (AvgIpc) is 2.39. The van der Waals surface area contributed by atoms with Gasteiger partial charge in [-0.2, -0.15) is 0 Å². The van der Waals surface area contributed by atoms with Crippen LogP contribution in [0.2, 0.25) is 0 Å². The van der Waals surface area contributed by atoms with Crippen LogP contribution in [-0.2, 0) is 6.54 Å². The fraction of sp³-hybridized carbons (Fsp3) is 0.667. The van der Waals surface area contributed by atoms with E-state index in [1.54, 1.807) is 0 Å². The van der Waals surface area contributed by atoms with Crippen molar-refractivity contribution in [2.75, 3.05) is 13.1 Å². The lowest BCUT2D eigenvalue weighted by molar-refractivity contribution is 0.170. The molecule has 2 rings (SSSR count). The van der Waals surface area contributed by atoms with E-state index in [9.17, 15) is 0 Å². The summed E-state index contributed by atoms with van der Waals surface area (Å²) < 4.78 is 0. The van der Waals surface area contributed by atoms with Crippen LogP contribution in [0.3, 0.4) is 0 Å². The average molecular weight is 232 g/mol. The summed E-state index contributed by atoms with van der Waals surface area (Å²) in [4.78, 5) is 6.75. The summed E-state index contributed by atoms with van der Waals surface area (Å²) >= 11 is 0. The highest BCUT2D eigenvalue weighted by Crippen LogP contribution is 2.23. The van der Waals surface area contributed by atoms with E-state index in [4.69, 9.17) is 0 Å². The first-order chi connectivity index (χ1) is 8.38. The van der Waals surface area contributed by atoms with Gasteiger partial charge in [0.15, 0.2) is 0 Å². The molecule has 1 saturated heterocycles. The molecule has 1 fully saturated rings. The Morgan fingerprint density at radius 3 is 2.82 bits per heavy atom. The van der Waals surface area contributed by atoms with Crippen molar-refractivity contribution in [3.63, 3.8) is 0 Å². The van der Waals surface area contributed by atoms with Gasteiger partial charge in [0, 0.05) is 18.9 Å². The predicted octanol–water partition coefficient (Wildman–Crippen LogP) is 3.48. The molecule has 1 aliphatic rings. The van der Waals surface area contributed by atoms with E-state index in [2.05, 4.69) is 22.9 Å². The maximum Gasteiger partial charge on any atom is 0.0312 e. The van der Waals surface area contributed by atoms with E-state index in [0.717, 1.165) is 12.5 Å². The molecule has 17 heavy (non-hydrogen) atoms. The number of unbranched alkanes of at least 4 members (excludes halogenated alkanes) is 1.